The molecule has 9 unspecified atom stereocenters. The second-order valence-electron chi connectivity index (χ2n) is 12.2. The van der Waals surface area contributed by atoms with Crippen LogP contribution >= 0.6 is 0 Å². The summed E-state index contributed by atoms with van der Waals surface area (Å²) in [5, 5.41) is 11.3. The predicted molar refractivity (Wildman–Crippen MR) is 138 cm³/mol. The van der Waals surface area contributed by atoms with Crippen LogP contribution in [-0.4, -0.2) is 17.0 Å². The van der Waals surface area contributed by atoms with Crippen LogP contribution in [0.3, 0.4) is 0 Å². The molecule has 3 fully saturated rings. The Hall–Kier alpha value is -0.890. The molecule has 4 aliphatic rings. The summed E-state index contributed by atoms with van der Waals surface area (Å²) in [5.41, 5.74) is 1.63. The van der Waals surface area contributed by atoms with Gasteiger partial charge in [-0.2, -0.15) is 0 Å². The van der Waals surface area contributed by atoms with Crippen molar-refractivity contribution >= 4 is 5.78 Å². The molecule has 3 saturated carbocycles. The molecule has 0 spiro atoms. The van der Waals surface area contributed by atoms with Crippen LogP contribution in [0.2, 0.25) is 0 Å². The zero-order chi connectivity index (χ0) is 23.8. The van der Waals surface area contributed by atoms with Gasteiger partial charge in [-0.05, 0) is 122 Å². The van der Waals surface area contributed by atoms with E-state index in [1.807, 2.05) is 6.08 Å². The maximum atomic E-state index is 12.3. The average molecular weight is 455 g/mol. The number of aliphatic hydroxyl groups excluding tert-OH is 1. The first-order valence-corrected chi connectivity index (χ1v) is 14.5. The van der Waals surface area contributed by atoms with Crippen LogP contribution in [0.1, 0.15) is 112 Å². The molecule has 0 saturated heterocycles. The van der Waals surface area contributed by atoms with Crippen LogP contribution in [0.5, 0.6) is 0 Å². The predicted octanol–water partition coefficient (Wildman–Crippen LogP) is 7.90. The molecular weight excluding hydrogens is 404 g/mol. The van der Waals surface area contributed by atoms with Gasteiger partial charge in [0.15, 0.2) is 5.78 Å². The van der Waals surface area contributed by atoms with Gasteiger partial charge in [0.2, 0.25) is 0 Å². The molecule has 0 aliphatic heterocycles. The lowest BCUT2D eigenvalue weighted by atomic mass is 9.44. The first kappa shape index (κ1) is 25.2. The van der Waals surface area contributed by atoms with Gasteiger partial charge >= 0.3 is 0 Å². The molecule has 0 aromatic carbocycles. The molecule has 9 atom stereocenters. The molecule has 0 bridgehead atoms. The third-order valence-corrected chi connectivity index (χ3v) is 11.2. The minimum Gasteiger partial charge on any atom is -0.389 e. The molecule has 0 aromatic heterocycles. The highest BCUT2D eigenvalue weighted by Gasteiger charge is 2.62. The van der Waals surface area contributed by atoms with Crippen molar-refractivity contribution in [3.8, 4) is 0 Å². The lowest BCUT2D eigenvalue weighted by Crippen LogP contribution is -2.55. The maximum absolute atomic E-state index is 12.3. The molecule has 0 radical (unpaired) electrons. The molecule has 2 heteroatoms. The first-order chi connectivity index (χ1) is 15.9. The van der Waals surface area contributed by atoms with Crippen molar-refractivity contribution in [3.63, 3.8) is 0 Å². The van der Waals surface area contributed by atoms with Crippen LogP contribution < -0.4 is 0 Å². The van der Waals surface area contributed by atoms with E-state index in [1.54, 1.807) is 0 Å². The Labute approximate surface area is 203 Å². The summed E-state index contributed by atoms with van der Waals surface area (Å²) in [4.78, 5) is 12.3. The number of ketones is 1. The van der Waals surface area contributed by atoms with Gasteiger partial charge in [0.25, 0.3) is 0 Å². The van der Waals surface area contributed by atoms with Gasteiger partial charge in [-0.1, -0.05) is 53.2 Å². The van der Waals surface area contributed by atoms with E-state index >= 15 is 0 Å². The summed E-state index contributed by atoms with van der Waals surface area (Å²) in [6.45, 7) is 11.8. The molecule has 4 rings (SSSR count). The maximum Gasteiger partial charge on any atom is 0.155 e. The van der Waals surface area contributed by atoms with Gasteiger partial charge in [0, 0.05) is 6.42 Å². The average Bonchev–Trinajstić information content (AvgIpc) is 3.20. The standard InChI is InChI=1S/C31H50O2/c1-6-10-21(5)11-12-22(7-2)25-13-14-26-24-20-29(33)28-19-23(32)15-17-31(28,9-4)27(24)16-18-30(25,26)8-3/h11-12,19,21-22,24-27,29,33H,6-10,13-18,20H2,1-5H3. The SMILES string of the molecule is CCCC(C)C=CC(CC)C1CCC2C3CC(O)C4=CC(=O)CCC4(CC)C3CCC12CC. The number of fused-ring (bicyclic) bond motifs is 5. The minimum absolute atomic E-state index is 0.0773. The van der Waals surface area contributed by atoms with E-state index in [1.165, 1.54) is 51.4 Å². The molecule has 2 nitrogen and oxygen atoms in total. The molecule has 186 valence electrons. The van der Waals surface area contributed by atoms with E-state index in [-0.39, 0.29) is 11.2 Å². The van der Waals surface area contributed by atoms with Crippen molar-refractivity contribution < 1.29 is 9.90 Å². The first-order valence-electron chi connectivity index (χ1n) is 14.5. The number of carbonyl (C=O) groups is 1. The molecule has 1 N–H and O–H groups in total. The largest absolute Gasteiger partial charge is 0.389 e. The molecular formula is C31H50O2. The number of carbonyl (C=O) groups excluding carboxylic acids is 1. The number of hydrogen-bond donors (Lipinski definition) is 1. The van der Waals surface area contributed by atoms with E-state index in [4.69, 9.17) is 0 Å². The zero-order valence-corrected chi connectivity index (χ0v) is 22.1. The number of rotatable bonds is 8. The fourth-order valence-corrected chi connectivity index (χ4v) is 9.67. The summed E-state index contributed by atoms with van der Waals surface area (Å²) >= 11 is 0. The van der Waals surface area contributed by atoms with Crippen molar-refractivity contribution in [2.45, 2.75) is 118 Å². The van der Waals surface area contributed by atoms with Gasteiger partial charge in [-0.3, -0.25) is 4.79 Å². The molecule has 33 heavy (non-hydrogen) atoms. The Balaban J connectivity index is 1.63. The van der Waals surface area contributed by atoms with Crippen molar-refractivity contribution in [1.29, 1.82) is 0 Å². The highest BCUT2D eigenvalue weighted by Crippen LogP contribution is 2.69. The van der Waals surface area contributed by atoms with Crippen LogP contribution in [0.15, 0.2) is 23.8 Å². The fourth-order valence-electron chi connectivity index (χ4n) is 9.67. The number of hydrogen-bond acceptors (Lipinski definition) is 2. The van der Waals surface area contributed by atoms with Gasteiger partial charge < -0.3 is 5.11 Å². The Morgan fingerprint density at radius 3 is 2.52 bits per heavy atom. The Morgan fingerprint density at radius 1 is 1.06 bits per heavy atom. The van der Waals surface area contributed by atoms with E-state index in [9.17, 15) is 9.90 Å². The van der Waals surface area contributed by atoms with Crippen LogP contribution in [0, 0.1) is 46.3 Å². The quantitative estimate of drug-likeness (QED) is 0.378. The van der Waals surface area contributed by atoms with Crippen molar-refractivity contribution in [2.24, 2.45) is 46.3 Å². The third kappa shape index (κ3) is 4.11. The summed E-state index contributed by atoms with van der Waals surface area (Å²) in [6.07, 6.45) is 20.7. The van der Waals surface area contributed by atoms with Crippen molar-refractivity contribution in [2.75, 3.05) is 0 Å². The Kier molecular flexibility index (Phi) is 7.64. The summed E-state index contributed by atoms with van der Waals surface area (Å²) < 4.78 is 0. The third-order valence-electron chi connectivity index (χ3n) is 11.2. The zero-order valence-electron chi connectivity index (χ0n) is 22.1. The minimum atomic E-state index is -0.404. The summed E-state index contributed by atoms with van der Waals surface area (Å²) in [7, 11) is 0. The smallest absolute Gasteiger partial charge is 0.155 e. The molecule has 0 amide bonds. The van der Waals surface area contributed by atoms with E-state index in [0.29, 0.717) is 35.5 Å². The summed E-state index contributed by atoms with van der Waals surface area (Å²) in [6, 6.07) is 0. The highest BCUT2D eigenvalue weighted by molar-refractivity contribution is 5.92. The number of allylic oxidation sites excluding steroid dienone is 2. The van der Waals surface area contributed by atoms with Gasteiger partial charge in [-0.25, -0.2) is 0 Å². The van der Waals surface area contributed by atoms with Crippen LogP contribution in [0.25, 0.3) is 0 Å². The van der Waals surface area contributed by atoms with Crippen LogP contribution in [0.4, 0.5) is 0 Å². The second kappa shape index (κ2) is 10.00. The fraction of sp³-hybridized carbons (Fsp3) is 0.839. The normalized spacial score (nSPS) is 42.4. The van der Waals surface area contributed by atoms with Gasteiger partial charge in [0.1, 0.15) is 0 Å². The highest BCUT2D eigenvalue weighted by atomic mass is 16.3. The van der Waals surface area contributed by atoms with Gasteiger partial charge in [-0.15, -0.1) is 0 Å². The van der Waals surface area contributed by atoms with Crippen LogP contribution in [-0.2, 0) is 4.79 Å². The van der Waals surface area contributed by atoms with E-state index in [2.05, 4.69) is 46.8 Å². The number of aliphatic hydroxyl groups is 1. The lowest BCUT2D eigenvalue weighted by Gasteiger charge is -2.61. The van der Waals surface area contributed by atoms with E-state index < -0.39 is 6.10 Å². The molecule has 4 aliphatic carbocycles. The second-order valence-corrected chi connectivity index (χ2v) is 12.2. The van der Waals surface area contributed by atoms with Crippen molar-refractivity contribution in [3.05, 3.63) is 23.8 Å². The van der Waals surface area contributed by atoms with E-state index in [0.717, 1.165) is 36.7 Å². The van der Waals surface area contributed by atoms with Crippen molar-refractivity contribution in [1.82, 2.24) is 0 Å². The Morgan fingerprint density at radius 2 is 1.85 bits per heavy atom. The molecule has 0 heterocycles. The molecule has 0 aromatic rings. The topological polar surface area (TPSA) is 37.3 Å². The monoisotopic (exact) mass is 454 g/mol. The Bertz CT molecular complexity index is 765. The van der Waals surface area contributed by atoms with Gasteiger partial charge in [0.05, 0.1) is 6.10 Å². The summed E-state index contributed by atoms with van der Waals surface area (Å²) in [5.74, 6) is 4.45. The lowest BCUT2D eigenvalue weighted by molar-refractivity contribution is -0.121.